The lowest BCUT2D eigenvalue weighted by molar-refractivity contribution is 0.0617. The van der Waals surface area contributed by atoms with Gasteiger partial charge in [0.2, 0.25) is 0 Å². The molecular weight excluding hydrogens is 330 g/mol. The van der Waals surface area contributed by atoms with Crippen molar-refractivity contribution in [3.05, 3.63) is 34.5 Å². The van der Waals surface area contributed by atoms with Crippen molar-refractivity contribution in [2.75, 3.05) is 26.2 Å². The van der Waals surface area contributed by atoms with Crippen LogP contribution >= 0.6 is 0 Å². The van der Waals surface area contributed by atoms with Crippen molar-refractivity contribution in [2.24, 2.45) is 13.0 Å². The summed E-state index contributed by atoms with van der Waals surface area (Å²) in [6.07, 6.45) is 4.99. The number of carbonyl (C=O) groups is 1. The smallest absolute Gasteiger partial charge is 0.276 e. The molecule has 0 spiro atoms. The van der Waals surface area contributed by atoms with Crippen molar-refractivity contribution in [1.29, 1.82) is 0 Å². The summed E-state index contributed by atoms with van der Waals surface area (Å²) in [6.45, 7) is 8.36. The summed E-state index contributed by atoms with van der Waals surface area (Å²) >= 11 is 0. The highest BCUT2D eigenvalue weighted by Crippen LogP contribution is 2.28. The van der Waals surface area contributed by atoms with Crippen LogP contribution in [0.25, 0.3) is 0 Å². The zero-order chi connectivity index (χ0) is 18.3. The van der Waals surface area contributed by atoms with Gasteiger partial charge in [-0.15, -0.1) is 0 Å². The number of carbonyl (C=O) groups excluding carboxylic acids is 1. The van der Waals surface area contributed by atoms with Crippen LogP contribution in [-0.2, 0) is 26.4 Å². The third-order valence-electron chi connectivity index (χ3n) is 5.66. The third-order valence-corrected chi connectivity index (χ3v) is 5.66. The molecule has 0 bridgehead atoms. The van der Waals surface area contributed by atoms with Crippen molar-refractivity contribution in [3.8, 4) is 0 Å². The number of rotatable bonds is 3. The second kappa shape index (κ2) is 6.87. The highest BCUT2D eigenvalue weighted by atomic mass is 16.5. The van der Waals surface area contributed by atoms with E-state index < -0.39 is 0 Å². The Hall–Kier alpha value is -2.15. The quantitative estimate of drug-likeness (QED) is 0.838. The van der Waals surface area contributed by atoms with Crippen LogP contribution in [0, 0.1) is 12.8 Å². The third kappa shape index (κ3) is 3.28. The van der Waals surface area contributed by atoms with E-state index in [1.54, 1.807) is 0 Å². The van der Waals surface area contributed by atoms with E-state index in [-0.39, 0.29) is 5.91 Å². The van der Waals surface area contributed by atoms with E-state index >= 15 is 0 Å². The monoisotopic (exact) mass is 357 g/mol. The molecule has 4 rings (SSSR count). The van der Waals surface area contributed by atoms with E-state index in [1.807, 2.05) is 23.6 Å². The number of hydrogen-bond acceptors (Lipinski definition) is 5. The minimum Gasteiger partial charge on any atom is -0.360 e. The predicted molar refractivity (Wildman–Crippen MR) is 96.8 cm³/mol. The normalized spacial score (nSPS) is 21.0. The lowest BCUT2D eigenvalue weighted by Crippen LogP contribution is -2.48. The van der Waals surface area contributed by atoms with Gasteiger partial charge >= 0.3 is 0 Å². The van der Waals surface area contributed by atoms with Crippen LogP contribution in [0.4, 0.5) is 0 Å². The Bertz CT molecular complexity index is 801. The molecule has 1 atom stereocenters. The Kier molecular flexibility index (Phi) is 4.56. The van der Waals surface area contributed by atoms with Gasteiger partial charge < -0.3 is 9.42 Å². The molecular formula is C19H27N5O2. The van der Waals surface area contributed by atoms with Gasteiger partial charge in [0.05, 0.1) is 5.69 Å². The first-order valence-electron chi connectivity index (χ1n) is 9.49. The number of aryl methyl sites for hydroxylation is 3. The topological polar surface area (TPSA) is 67.4 Å². The van der Waals surface area contributed by atoms with Gasteiger partial charge in [0.1, 0.15) is 5.76 Å². The SMILES string of the molecule is Cc1nn(C)cc1CN1CCN(C(=O)c2noc3c2CC(C)CC3)CC1. The maximum atomic E-state index is 12.9. The van der Waals surface area contributed by atoms with Crippen LogP contribution in [-0.4, -0.2) is 56.8 Å². The van der Waals surface area contributed by atoms with Crippen LogP contribution < -0.4 is 0 Å². The lowest BCUT2D eigenvalue weighted by atomic mass is 9.88. The van der Waals surface area contributed by atoms with Crippen LogP contribution in [0.15, 0.2) is 10.7 Å². The van der Waals surface area contributed by atoms with Gasteiger partial charge in [0.25, 0.3) is 5.91 Å². The fraction of sp³-hybridized carbons (Fsp3) is 0.632. The van der Waals surface area contributed by atoms with E-state index in [1.165, 1.54) is 5.56 Å². The Labute approximate surface area is 153 Å². The highest BCUT2D eigenvalue weighted by molar-refractivity contribution is 5.94. The van der Waals surface area contributed by atoms with Gasteiger partial charge in [-0.3, -0.25) is 14.4 Å². The van der Waals surface area contributed by atoms with Gasteiger partial charge in [0.15, 0.2) is 5.69 Å². The van der Waals surface area contributed by atoms with Crippen molar-refractivity contribution >= 4 is 5.91 Å². The molecule has 2 aromatic rings. The number of aromatic nitrogens is 3. The molecule has 1 fully saturated rings. The summed E-state index contributed by atoms with van der Waals surface area (Å²) in [5.41, 5.74) is 3.92. The Balaban J connectivity index is 1.38. The van der Waals surface area contributed by atoms with Gasteiger partial charge in [-0.2, -0.15) is 5.10 Å². The zero-order valence-electron chi connectivity index (χ0n) is 15.9. The van der Waals surface area contributed by atoms with Crippen LogP contribution in [0.1, 0.15) is 46.4 Å². The number of amides is 1. The largest absolute Gasteiger partial charge is 0.360 e. The molecule has 0 N–H and O–H groups in total. The average Bonchev–Trinajstić information content (AvgIpc) is 3.17. The molecule has 1 aliphatic carbocycles. The Morgan fingerprint density at radius 2 is 2.08 bits per heavy atom. The minimum absolute atomic E-state index is 0.0290. The Morgan fingerprint density at radius 1 is 1.31 bits per heavy atom. The highest BCUT2D eigenvalue weighted by Gasteiger charge is 2.31. The number of nitrogens with zero attached hydrogens (tertiary/aromatic N) is 5. The molecule has 7 heteroatoms. The van der Waals surface area contributed by atoms with E-state index in [4.69, 9.17) is 4.52 Å². The summed E-state index contributed by atoms with van der Waals surface area (Å²) in [4.78, 5) is 17.2. The molecule has 1 saturated heterocycles. The molecule has 3 heterocycles. The van der Waals surface area contributed by atoms with Crippen LogP contribution in [0.5, 0.6) is 0 Å². The van der Waals surface area contributed by atoms with Gasteiger partial charge in [-0.1, -0.05) is 12.1 Å². The fourth-order valence-electron chi connectivity index (χ4n) is 4.05. The number of fused-ring (bicyclic) bond motifs is 1. The summed E-state index contributed by atoms with van der Waals surface area (Å²) in [5, 5.41) is 8.52. The van der Waals surface area contributed by atoms with Gasteiger partial charge in [-0.05, 0) is 25.7 Å². The fourth-order valence-corrected chi connectivity index (χ4v) is 4.05. The van der Waals surface area contributed by atoms with Gasteiger partial charge in [0, 0.05) is 63.5 Å². The second-order valence-electron chi connectivity index (χ2n) is 7.76. The van der Waals surface area contributed by atoms with Crippen molar-refractivity contribution in [1.82, 2.24) is 24.7 Å². The lowest BCUT2D eigenvalue weighted by Gasteiger charge is -2.34. The first-order valence-corrected chi connectivity index (χ1v) is 9.49. The zero-order valence-corrected chi connectivity index (χ0v) is 15.9. The van der Waals surface area contributed by atoms with Crippen molar-refractivity contribution in [3.63, 3.8) is 0 Å². The first-order chi connectivity index (χ1) is 12.5. The average molecular weight is 357 g/mol. The Morgan fingerprint density at radius 3 is 2.77 bits per heavy atom. The molecule has 7 nitrogen and oxygen atoms in total. The molecule has 1 aliphatic heterocycles. The standard InChI is InChI=1S/C19H27N5O2/c1-13-4-5-17-16(10-13)18(21-26-17)19(25)24-8-6-23(7-9-24)12-15-11-22(3)20-14(15)2/h11,13H,4-10,12H2,1-3H3. The van der Waals surface area contributed by atoms with E-state index in [0.29, 0.717) is 11.6 Å². The molecule has 140 valence electrons. The summed E-state index contributed by atoms with van der Waals surface area (Å²) in [6, 6.07) is 0. The number of piperazine rings is 1. The first kappa shape index (κ1) is 17.3. The molecule has 0 aromatic carbocycles. The molecule has 0 saturated carbocycles. The van der Waals surface area contributed by atoms with E-state index in [9.17, 15) is 4.79 Å². The summed E-state index contributed by atoms with van der Waals surface area (Å²) < 4.78 is 7.31. The predicted octanol–water partition coefficient (Wildman–Crippen LogP) is 1.80. The molecule has 26 heavy (non-hydrogen) atoms. The molecule has 1 amide bonds. The molecule has 0 radical (unpaired) electrons. The summed E-state index contributed by atoms with van der Waals surface area (Å²) in [7, 11) is 1.95. The second-order valence-corrected chi connectivity index (χ2v) is 7.76. The molecule has 2 aliphatic rings. The van der Waals surface area contributed by atoms with Gasteiger partial charge in [-0.25, -0.2) is 0 Å². The van der Waals surface area contributed by atoms with Crippen molar-refractivity contribution in [2.45, 2.75) is 39.7 Å². The van der Waals surface area contributed by atoms with E-state index in [0.717, 1.165) is 69.0 Å². The number of hydrogen-bond donors (Lipinski definition) is 0. The molecule has 2 aromatic heterocycles. The maximum absolute atomic E-state index is 12.9. The van der Waals surface area contributed by atoms with Crippen LogP contribution in [0.2, 0.25) is 0 Å². The molecule has 1 unspecified atom stereocenters. The maximum Gasteiger partial charge on any atom is 0.276 e. The van der Waals surface area contributed by atoms with Crippen molar-refractivity contribution < 1.29 is 9.32 Å². The van der Waals surface area contributed by atoms with E-state index in [2.05, 4.69) is 28.3 Å². The summed E-state index contributed by atoms with van der Waals surface area (Å²) in [5.74, 6) is 1.53. The minimum atomic E-state index is 0.0290. The van der Waals surface area contributed by atoms with Crippen LogP contribution in [0.3, 0.4) is 0 Å².